The van der Waals surface area contributed by atoms with E-state index in [1.807, 2.05) is 18.3 Å². The summed E-state index contributed by atoms with van der Waals surface area (Å²) in [4.78, 5) is 5.08. The zero-order chi connectivity index (χ0) is 20.5. The largest absolute Gasteiger partial charge is 0.256 e. The van der Waals surface area contributed by atoms with Crippen LogP contribution in [0.5, 0.6) is 0 Å². The summed E-state index contributed by atoms with van der Waals surface area (Å²) in [6, 6.07) is 23.2. The predicted octanol–water partition coefficient (Wildman–Crippen LogP) is 8.64. The lowest BCUT2D eigenvalue weighted by Crippen LogP contribution is -1.96. The Bertz CT molecular complexity index is 1130. The number of hydrogen-bond acceptors (Lipinski definition) is 1. The summed E-state index contributed by atoms with van der Waals surface area (Å²) in [6.07, 6.45) is 2.04. The fraction of sp³-hybridized carbons (Fsp3) is 0.222. The highest BCUT2D eigenvalue weighted by Gasteiger charge is 2.14. The van der Waals surface area contributed by atoms with Crippen molar-refractivity contribution < 1.29 is 0 Å². The molecule has 0 fully saturated rings. The van der Waals surface area contributed by atoms with Crippen molar-refractivity contribution >= 4 is 45.0 Å². The molecule has 2 heteroatoms. The molecule has 146 valence electrons. The number of nitrogens with zero attached hydrogens (tertiary/aromatic N) is 1. The Morgan fingerprint density at radius 3 is 1.55 bits per heavy atom. The number of halogens is 1. The Hall–Kier alpha value is -2.64. The Labute approximate surface area is 178 Å². The van der Waals surface area contributed by atoms with Gasteiger partial charge in [-0.2, -0.15) is 0 Å². The maximum absolute atomic E-state index is 6.75. The van der Waals surface area contributed by atoms with Crippen LogP contribution in [0, 0.1) is 0 Å². The molecule has 29 heavy (non-hydrogen) atoms. The van der Waals surface area contributed by atoms with Gasteiger partial charge in [-0.25, -0.2) is 0 Å². The van der Waals surface area contributed by atoms with Gasteiger partial charge >= 0.3 is 0 Å². The Morgan fingerprint density at radius 2 is 1.10 bits per heavy atom. The summed E-state index contributed by atoms with van der Waals surface area (Å²) in [6.45, 7) is 8.91. The Kier molecular flexibility index (Phi) is 5.43. The maximum Gasteiger partial charge on any atom is 0.0699 e. The zero-order valence-electron chi connectivity index (χ0n) is 17.4. The van der Waals surface area contributed by atoms with Crippen LogP contribution in [0.4, 0.5) is 5.69 Å². The topological polar surface area (TPSA) is 12.4 Å². The molecule has 0 saturated heterocycles. The summed E-state index contributed by atoms with van der Waals surface area (Å²) in [5.41, 5.74) is 4.79. The van der Waals surface area contributed by atoms with Gasteiger partial charge in [-0.3, -0.25) is 4.99 Å². The first kappa shape index (κ1) is 19.7. The Morgan fingerprint density at radius 1 is 0.655 bits per heavy atom. The van der Waals surface area contributed by atoms with E-state index < -0.39 is 0 Å². The van der Waals surface area contributed by atoms with E-state index in [0.717, 1.165) is 37.8 Å². The van der Waals surface area contributed by atoms with Crippen LogP contribution < -0.4 is 0 Å². The van der Waals surface area contributed by atoms with Gasteiger partial charge in [0, 0.05) is 22.6 Å². The number of para-hydroxylation sites is 1. The summed E-state index contributed by atoms with van der Waals surface area (Å²) < 4.78 is 0. The van der Waals surface area contributed by atoms with Crippen LogP contribution >= 0.6 is 11.6 Å². The second-order valence-corrected chi connectivity index (χ2v) is 8.55. The van der Waals surface area contributed by atoms with E-state index in [1.54, 1.807) is 0 Å². The number of rotatable bonds is 4. The number of benzene rings is 4. The van der Waals surface area contributed by atoms with Crippen molar-refractivity contribution in [3.8, 4) is 0 Å². The fourth-order valence-electron chi connectivity index (χ4n) is 4.04. The van der Waals surface area contributed by atoms with Crippen molar-refractivity contribution in [2.45, 2.75) is 39.5 Å². The van der Waals surface area contributed by atoms with Crippen molar-refractivity contribution in [3.05, 3.63) is 88.4 Å². The minimum atomic E-state index is 0.416. The van der Waals surface area contributed by atoms with E-state index in [1.165, 1.54) is 11.1 Å². The van der Waals surface area contributed by atoms with E-state index >= 15 is 0 Å². The molecule has 0 aliphatic rings. The summed E-state index contributed by atoms with van der Waals surface area (Å²) in [7, 11) is 0. The van der Waals surface area contributed by atoms with Crippen LogP contribution in [0.1, 0.15) is 56.2 Å². The Balaban J connectivity index is 2.00. The molecule has 4 rings (SSSR count). The standard InChI is InChI=1S/C27H26ClN/c1-17(2)19-14-9-15-20(18(3)4)27(19)29-16-25-21-10-5-7-12-23(21)26(28)24-13-8-6-11-22(24)25/h5-18H,1-4H3. The van der Waals surface area contributed by atoms with Gasteiger partial charge < -0.3 is 0 Å². The third kappa shape index (κ3) is 3.56. The summed E-state index contributed by atoms with van der Waals surface area (Å²) in [5, 5.41) is 5.20. The van der Waals surface area contributed by atoms with E-state index in [9.17, 15) is 0 Å². The monoisotopic (exact) mass is 399 g/mol. The number of hydrogen-bond donors (Lipinski definition) is 0. The average Bonchev–Trinajstić information content (AvgIpc) is 2.73. The molecular formula is C27H26ClN. The van der Waals surface area contributed by atoms with Crippen molar-refractivity contribution in [3.63, 3.8) is 0 Å². The SMILES string of the molecule is CC(C)c1cccc(C(C)C)c1N=Cc1c2ccccc2c(Cl)c2ccccc12. The van der Waals surface area contributed by atoms with Crippen molar-refractivity contribution in [2.75, 3.05) is 0 Å². The lowest BCUT2D eigenvalue weighted by atomic mass is 9.92. The minimum Gasteiger partial charge on any atom is -0.256 e. The third-order valence-corrected chi connectivity index (χ3v) is 5.98. The molecule has 0 saturated carbocycles. The molecule has 0 spiro atoms. The average molecular weight is 400 g/mol. The lowest BCUT2D eigenvalue weighted by molar-refractivity contribution is 0.835. The molecule has 0 N–H and O–H groups in total. The molecule has 4 aromatic rings. The maximum atomic E-state index is 6.75. The molecule has 0 unspecified atom stereocenters. The van der Waals surface area contributed by atoms with E-state index in [2.05, 4.69) is 82.3 Å². The number of aliphatic imine (C=N–C) groups is 1. The van der Waals surface area contributed by atoms with Crippen LogP contribution in [0.2, 0.25) is 5.02 Å². The molecule has 0 amide bonds. The van der Waals surface area contributed by atoms with Gasteiger partial charge in [-0.15, -0.1) is 0 Å². The molecule has 1 nitrogen and oxygen atoms in total. The predicted molar refractivity (Wildman–Crippen MR) is 128 cm³/mol. The highest BCUT2D eigenvalue weighted by Crippen LogP contribution is 2.37. The summed E-state index contributed by atoms with van der Waals surface area (Å²) in [5.74, 6) is 0.833. The van der Waals surface area contributed by atoms with E-state index in [4.69, 9.17) is 16.6 Å². The van der Waals surface area contributed by atoms with Crippen LogP contribution in [-0.4, -0.2) is 6.21 Å². The minimum absolute atomic E-state index is 0.416. The normalized spacial score (nSPS) is 12.1. The first-order chi connectivity index (χ1) is 14.0. The second-order valence-electron chi connectivity index (χ2n) is 8.17. The van der Waals surface area contributed by atoms with Crippen LogP contribution in [-0.2, 0) is 0 Å². The highest BCUT2D eigenvalue weighted by molar-refractivity contribution is 6.42. The molecule has 0 aliphatic carbocycles. The van der Waals surface area contributed by atoms with E-state index in [-0.39, 0.29) is 0 Å². The van der Waals surface area contributed by atoms with Crippen molar-refractivity contribution in [1.29, 1.82) is 0 Å². The third-order valence-electron chi connectivity index (χ3n) is 5.57. The molecule has 0 radical (unpaired) electrons. The van der Waals surface area contributed by atoms with Gasteiger partial charge in [0.05, 0.1) is 10.7 Å². The molecular weight excluding hydrogens is 374 g/mol. The van der Waals surface area contributed by atoms with Gasteiger partial charge in [0.25, 0.3) is 0 Å². The van der Waals surface area contributed by atoms with Gasteiger partial charge in [-0.05, 0) is 33.7 Å². The zero-order valence-corrected chi connectivity index (χ0v) is 18.2. The fourth-order valence-corrected chi connectivity index (χ4v) is 4.37. The van der Waals surface area contributed by atoms with Crippen molar-refractivity contribution in [2.24, 2.45) is 4.99 Å². The molecule has 0 aromatic heterocycles. The molecule has 0 atom stereocenters. The second kappa shape index (κ2) is 8.00. The van der Waals surface area contributed by atoms with E-state index in [0.29, 0.717) is 11.8 Å². The molecule has 4 aromatic carbocycles. The summed E-state index contributed by atoms with van der Waals surface area (Å²) >= 11 is 6.75. The molecule has 0 aliphatic heterocycles. The van der Waals surface area contributed by atoms with Crippen molar-refractivity contribution in [1.82, 2.24) is 0 Å². The van der Waals surface area contributed by atoms with Crippen LogP contribution in [0.15, 0.2) is 71.7 Å². The molecule has 0 heterocycles. The molecule has 0 bridgehead atoms. The number of fused-ring (bicyclic) bond motifs is 2. The van der Waals surface area contributed by atoms with Crippen LogP contribution in [0.25, 0.3) is 21.5 Å². The lowest BCUT2D eigenvalue weighted by Gasteiger charge is -2.16. The van der Waals surface area contributed by atoms with Gasteiger partial charge in [-0.1, -0.05) is 106 Å². The van der Waals surface area contributed by atoms with Gasteiger partial charge in [0.15, 0.2) is 0 Å². The van der Waals surface area contributed by atoms with Gasteiger partial charge in [0.2, 0.25) is 0 Å². The van der Waals surface area contributed by atoms with Gasteiger partial charge in [0.1, 0.15) is 0 Å². The quantitative estimate of drug-likeness (QED) is 0.240. The first-order valence-corrected chi connectivity index (χ1v) is 10.6. The smallest absolute Gasteiger partial charge is 0.0699 e. The van der Waals surface area contributed by atoms with Crippen LogP contribution in [0.3, 0.4) is 0 Å². The first-order valence-electron chi connectivity index (χ1n) is 10.2. The highest BCUT2D eigenvalue weighted by atomic mass is 35.5.